The standard InChI is InChI=1S/C25H26FNO4/c1-30-19-3-4-20-17(12-19)14-31-22-5-2-18(26)13-21(22)23(20)16-6-10-27(11-7-16)15-25(8-9-25)24(28)29/h2-5,12-13H,6-11,14-15H2,1H3,(H,28,29). The number of carbonyl (C=O) groups is 1. The van der Waals surface area contributed by atoms with Crippen molar-refractivity contribution in [3.8, 4) is 11.5 Å². The van der Waals surface area contributed by atoms with Crippen molar-refractivity contribution in [2.75, 3.05) is 26.7 Å². The molecule has 2 aliphatic heterocycles. The third kappa shape index (κ3) is 3.69. The van der Waals surface area contributed by atoms with E-state index in [4.69, 9.17) is 9.47 Å². The minimum atomic E-state index is -0.676. The molecule has 0 atom stereocenters. The van der Waals surface area contributed by atoms with Crippen molar-refractivity contribution in [3.05, 3.63) is 64.5 Å². The molecule has 2 heterocycles. The topological polar surface area (TPSA) is 59.0 Å². The van der Waals surface area contributed by atoms with E-state index in [-0.39, 0.29) is 5.82 Å². The van der Waals surface area contributed by atoms with Crippen molar-refractivity contribution < 1.29 is 23.8 Å². The highest BCUT2D eigenvalue weighted by atomic mass is 19.1. The van der Waals surface area contributed by atoms with Gasteiger partial charge in [0, 0.05) is 30.8 Å². The van der Waals surface area contributed by atoms with Crippen LogP contribution in [0.2, 0.25) is 0 Å². The van der Waals surface area contributed by atoms with Gasteiger partial charge in [0.1, 0.15) is 23.9 Å². The molecule has 5 nitrogen and oxygen atoms in total. The highest BCUT2D eigenvalue weighted by molar-refractivity contribution is 5.87. The molecule has 0 amide bonds. The summed E-state index contributed by atoms with van der Waals surface area (Å²) in [5, 5.41) is 9.51. The Morgan fingerprint density at radius 2 is 1.94 bits per heavy atom. The van der Waals surface area contributed by atoms with E-state index in [0.717, 1.165) is 66.8 Å². The lowest BCUT2D eigenvalue weighted by Gasteiger charge is -2.32. The molecule has 6 heteroatoms. The van der Waals surface area contributed by atoms with E-state index in [1.165, 1.54) is 11.6 Å². The number of hydrogen-bond donors (Lipinski definition) is 1. The summed E-state index contributed by atoms with van der Waals surface area (Å²) >= 11 is 0. The molecule has 3 aliphatic rings. The molecule has 0 aromatic heterocycles. The molecule has 1 N–H and O–H groups in total. The summed E-state index contributed by atoms with van der Waals surface area (Å²) in [6.07, 6.45) is 3.19. The van der Waals surface area contributed by atoms with Gasteiger partial charge >= 0.3 is 5.97 Å². The minimum Gasteiger partial charge on any atom is -0.497 e. The van der Waals surface area contributed by atoms with Crippen LogP contribution >= 0.6 is 0 Å². The molecule has 0 radical (unpaired) electrons. The average molecular weight is 423 g/mol. The van der Waals surface area contributed by atoms with Gasteiger partial charge < -0.3 is 19.5 Å². The van der Waals surface area contributed by atoms with Gasteiger partial charge in [-0.1, -0.05) is 11.6 Å². The summed E-state index contributed by atoms with van der Waals surface area (Å²) in [7, 11) is 1.64. The molecule has 2 fully saturated rings. The van der Waals surface area contributed by atoms with Gasteiger partial charge in [0.25, 0.3) is 0 Å². The summed E-state index contributed by atoms with van der Waals surface area (Å²) in [5.74, 6) is 0.489. The maximum atomic E-state index is 14.2. The fourth-order valence-electron chi connectivity index (χ4n) is 4.81. The van der Waals surface area contributed by atoms with Gasteiger partial charge in [0.2, 0.25) is 0 Å². The second-order valence-electron chi connectivity index (χ2n) is 8.79. The zero-order chi connectivity index (χ0) is 21.6. The Hall–Kier alpha value is -2.86. The van der Waals surface area contributed by atoms with Gasteiger partial charge in [-0.3, -0.25) is 4.79 Å². The number of carboxylic acids is 1. The van der Waals surface area contributed by atoms with Gasteiger partial charge in [0.15, 0.2) is 0 Å². The molecule has 2 aromatic rings. The number of nitrogens with zero attached hydrogens (tertiary/aromatic N) is 1. The van der Waals surface area contributed by atoms with Crippen LogP contribution in [0.15, 0.2) is 42.0 Å². The summed E-state index contributed by atoms with van der Waals surface area (Å²) in [5.41, 5.74) is 4.63. The number of piperidine rings is 1. The van der Waals surface area contributed by atoms with E-state index in [1.807, 2.05) is 18.2 Å². The lowest BCUT2D eigenvalue weighted by atomic mass is 9.86. The largest absolute Gasteiger partial charge is 0.497 e. The van der Waals surface area contributed by atoms with Crippen LogP contribution in [0.1, 0.15) is 42.4 Å². The summed E-state index contributed by atoms with van der Waals surface area (Å²) in [6, 6.07) is 10.6. The molecule has 2 aromatic carbocycles. The Morgan fingerprint density at radius 1 is 1.16 bits per heavy atom. The van der Waals surface area contributed by atoms with E-state index in [1.54, 1.807) is 19.2 Å². The van der Waals surface area contributed by atoms with Gasteiger partial charge in [-0.25, -0.2) is 4.39 Å². The Labute approximate surface area is 181 Å². The first-order chi connectivity index (χ1) is 15.0. The maximum Gasteiger partial charge on any atom is 0.310 e. The monoisotopic (exact) mass is 423 g/mol. The number of ether oxygens (including phenoxy) is 2. The molecule has 162 valence electrons. The quantitative estimate of drug-likeness (QED) is 0.785. The van der Waals surface area contributed by atoms with Crippen LogP contribution in [-0.4, -0.2) is 42.7 Å². The zero-order valence-electron chi connectivity index (χ0n) is 17.6. The molecule has 1 saturated heterocycles. The van der Waals surface area contributed by atoms with Crippen LogP contribution in [-0.2, 0) is 11.4 Å². The van der Waals surface area contributed by atoms with Crippen LogP contribution in [0.4, 0.5) is 4.39 Å². The fraction of sp³-hybridized carbons (Fsp3) is 0.400. The molecule has 1 saturated carbocycles. The van der Waals surface area contributed by atoms with Crippen molar-refractivity contribution in [2.24, 2.45) is 5.41 Å². The first-order valence-electron chi connectivity index (χ1n) is 10.8. The van der Waals surface area contributed by atoms with E-state index in [0.29, 0.717) is 18.9 Å². The van der Waals surface area contributed by atoms with Crippen LogP contribution in [0.5, 0.6) is 11.5 Å². The normalized spacial score (nSPS) is 19.7. The number of halogens is 1. The third-order valence-corrected chi connectivity index (χ3v) is 6.82. The number of carboxylic acid groups (broad SMARTS) is 1. The second-order valence-corrected chi connectivity index (χ2v) is 8.79. The molecular formula is C25H26FNO4. The lowest BCUT2D eigenvalue weighted by molar-refractivity contribution is -0.144. The number of benzene rings is 2. The predicted molar refractivity (Wildman–Crippen MR) is 115 cm³/mol. The van der Waals surface area contributed by atoms with E-state index in [2.05, 4.69) is 4.90 Å². The molecule has 0 spiro atoms. The van der Waals surface area contributed by atoms with Crippen LogP contribution in [0.25, 0.3) is 5.57 Å². The summed E-state index contributed by atoms with van der Waals surface area (Å²) < 4.78 is 25.7. The Kier molecular flexibility index (Phi) is 4.97. The number of aliphatic carboxylic acids is 1. The van der Waals surface area contributed by atoms with Gasteiger partial charge in [-0.2, -0.15) is 0 Å². The second kappa shape index (κ2) is 7.68. The fourth-order valence-corrected chi connectivity index (χ4v) is 4.81. The van der Waals surface area contributed by atoms with Crippen molar-refractivity contribution in [1.82, 2.24) is 4.90 Å². The first-order valence-corrected chi connectivity index (χ1v) is 10.8. The third-order valence-electron chi connectivity index (χ3n) is 6.82. The highest BCUT2D eigenvalue weighted by Crippen LogP contribution is 2.47. The molecule has 1 aliphatic carbocycles. The van der Waals surface area contributed by atoms with E-state index in [9.17, 15) is 14.3 Å². The van der Waals surface area contributed by atoms with Gasteiger partial charge in [-0.15, -0.1) is 0 Å². The van der Waals surface area contributed by atoms with Crippen molar-refractivity contribution in [2.45, 2.75) is 32.3 Å². The number of hydrogen-bond acceptors (Lipinski definition) is 4. The minimum absolute atomic E-state index is 0.285. The van der Waals surface area contributed by atoms with E-state index >= 15 is 0 Å². The van der Waals surface area contributed by atoms with Crippen molar-refractivity contribution in [1.29, 1.82) is 0 Å². The molecule has 5 rings (SSSR count). The number of rotatable bonds is 4. The Bertz CT molecular complexity index is 1060. The molecule has 0 bridgehead atoms. The van der Waals surface area contributed by atoms with Gasteiger partial charge in [-0.05, 0) is 67.2 Å². The van der Waals surface area contributed by atoms with E-state index < -0.39 is 11.4 Å². The molecule has 31 heavy (non-hydrogen) atoms. The predicted octanol–water partition coefficient (Wildman–Crippen LogP) is 4.49. The van der Waals surface area contributed by atoms with Crippen molar-refractivity contribution in [3.63, 3.8) is 0 Å². The lowest BCUT2D eigenvalue weighted by Crippen LogP contribution is -2.38. The Balaban J connectivity index is 1.51. The number of methoxy groups -OCH3 is 1. The SMILES string of the molecule is COc1ccc2c(c1)COc1ccc(F)cc1C2=C1CCN(CC2(C(=O)O)CC2)CC1. The molecular weight excluding hydrogens is 397 g/mol. The van der Waals surface area contributed by atoms with Crippen LogP contribution < -0.4 is 9.47 Å². The van der Waals surface area contributed by atoms with Crippen molar-refractivity contribution >= 4 is 11.5 Å². The average Bonchev–Trinajstić information content (AvgIpc) is 3.57. The van der Waals surface area contributed by atoms with Gasteiger partial charge in [0.05, 0.1) is 12.5 Å². The van der Waals surface area contributed by atoms with Crippen LogP contribution in [0.3, 0.4) is 0 Å². The zero-order valence-corrected chi connectivity index (χ0v) is 17.6. The van der Waals surface area contributed by atoms with Crippen LogP contribution in [0, 0.1) is 11.2 Å². The summed E-state index contributed by atoms with van der Waals surface area (Å²) in [4.78, 5) is 13.8. The number of likely N-dealkylation sites (tertiary alicyclic amines) is 1. The number of fused-ring (bicyclic) bond motifs is 2. The Morgan fingerprint density at radius 3 is 2.61 bits per heavy atom. The molecule has 0 unspecified atom stereocenters. The highest BCUT2D eigenvalue weighted by Gasteiger charge is 2.51. The first kappa shape index (κ1) is 20.1. The summed E-state index contributed by atoms with van der Waals surface area (Å²) in [6.45, 7) is 2.64. The maximum absolute atomic E-state index is 14.2. The smallest absolute Gasteiger partial charge is 0.310 e.